The molecule has 2 bridgehead atoms. The van der Waals surface area contributed by atoms with Crippen molar-refractivity contribution in [2.75, 3.05) is 0 Å². The molecule has 2 nitrogen and oxygen atoms in total. The third-order valence-corrected chi connectivity index (χ3v) is 5.42. The van der Waals surface area contributed by atoms with Gasteiger partial charge in [-0.05, 0) is 31.1 Å². The summed E-state index contributed by atoms with van der Waals surface area (Å²) < 4.78 is 0. The fourth-order valence-electron chi connectivity index (χ4n) is 4.60. The Balaban J connectivity index is 1.53. The van der Waals surface area contributed by atoms with Crippen LogP contribution >= 0.6 is 0 Å². The summed E-state index contributed by atoms with van der Waals surface area (Å²) in [6, 6.07) is 0.625. The van der Waals surface area contributed by atoms with Crippen LogP contribution in [-0.2, 0) is 4.79 Å². The molecule has 4 aliphatic carbocycles. The Morgan fingerprint density at radius 2 is 1.72 bits per heavy atom. The lowest BCUT2D eigenvalue weighted by Gasteiger charge is -2.29. The molecule has 96 valence electrons. The lowest BCUT2D eigenvalue weighted by molar-refractivity contribution is -0.118. The molecule has 4 rings (SSSR count). The van der Waals surface area contributed by atoms with E-state index in [1.165, 1.54) is 44.2 Å². The summed E-state index contributed by atoms with van der Waals surface area (Å²) in [6.45, 7) is 0. The van der Waals surface area contributed by atoms with E-state index in [9.17, 15) is 4.79 Å². The summed E-state index contributed by atoms with van der Waals surface area (Å²) in [6.07, 6.45) is 14.4. The van der Waals surface area contributed by atoms with Gasteiger partial charge in [0.15, 0.2) is 5.78 Å². The predicted octanol–water partition coefficient (Wildman–Crippen LogP) is 2.81. The van der Waals surface area contributed by atoms with E-state index in [1.807, 2.05) is 6.08 Å². The second kappa shape index (κ2) is 3.97. The first-order valence-electron chi connectivity index (χ1n) is 7.53. The highest BCUT2D eigenvalue weighted by molar-refractivity contribution is 5.96. The number of nitrogens with one attached hydrogen (secondary N) is 1. The Morgan fingerprint density at radius 3 is 2.50 bits per heavy atom. The molecule has 2 fully saturated rings. The summed E-state index contributed by atoms with van der Waals surface area (Å²) in [7, 11) is 0. The van der Waals surface area contributed by atoms with E-state index in [0.717, 1.165) is 0 Å². The molecule has 1 N–H and O–H groups in total. The SMILES string of the molecule is O=C1C=C(NC2CCCCC2)[C@@H]2[C@H]1[C@@H]1C=C[C@H]2C1. The van der Waals surface area contributed by atoms with Crippen molar-refractivity contribution < 1.29 is 4.79 Å². The molecule has 0 amide bonds. The number of carbonyl (C=O) groups is 1. The van der Waals surface area contributed by atoms with Gasteiger partial charge in [-0.15, -0.1) is 0 Å². The van der Waals surface area contributed by atoms with E-state index in [0.29, 0.717) is 29.6 Å². The first kappa shape index (κ1) is 10.8. The van der Waals surface area contributed by atoms with Gasteiger partial charge in [0.2, 0.25) is 0 Å². The summed E-state index contributed by atoms with van der Waals surface area (Å²) in [5.41, 5.74) is 1.27. The molecule has 0 unspecified atom stereocenters. The normalized spacial score (nSPS) is 42.2. The maximum absolute atomic E-state index is 12.1. The maximum Gasteiger partial charge on any atom is 0.161 e. The average Bonchev–Trinajstić information content (AvgIpc) is 3.05. The first-order valence-corrected chi connectivity index (χ1v) is 7.53. The third-order valence-electron chi connectivity index (χ3n) is 5.42. The van der Waals surface area contributed by atoms with E-state index in [2.05, 4.69) is 17.5 Å². The standard InChI is InChI=1S/C16H21NO/c18-14-9-13(17-12-4-2-1-3-5-12)15-10-6-7-11(8-10)16(14)15/h6-7,9-12,15-17H,1-5,8H2/t10-,11+,15+,16-/m0/s1. The monoisotopic (exact) mass is 243 g/mol. The van der Waals surface area contributed by atoms with Gasteiger partial charge in [0.05, 0.1) is 0 Å². The van der Waals surface area contributed by atoms with Crippen LogP contribution in [0.4, 0.5) is 0 Å². The van der Waals surface area contributed by atoms with E-state index < -0.39 is 0 Å². The molecule has 0 aromatic carbocycles. The van der Waals surface area contributed by atoms with Gasteiger partial charge in [-0.3, -0.25) is 4.79 Å². The molecule has 0 aromatic heterocycles. The highest BCUT2D eigenvalue weighted by Gasteiger charge is 2.52. The van der Waals surface area contributed by atoms with Gasteiger partial charge in [0, 0.05) is 29.7 Å². The van der Waals surface area contributed by atoms with Crippen LogP contribution in [0, 0.1) is 23.7 Å². The van der Waals surface area contributed by atoms with Gasteiger partial charge < -0.3 is 5.32 Å². The van der Waals surface area contributed by atoms with Crippen LogP contribution in [0.2, 0.25) is 0 Å². The minimum Gasteiger partial charge on any atom is -0.385 e. The van der Waals surface area contributed by atoms with Gasteiger partial charge in [-0.25, -0.2) is 0 Å². The van der Waals surface area contributed by atoms with Crippen molar-refractivity contribution in [2.45, 2.75) is 44.6 Å². The van der Waals surface area contributed by atoms with Gasteiger partial charge in [0.1, 0.15) is 0 Å². The molecule has 0 radical (unpaired) electrons. The molecule has 4 aliphatic rings. The largest absolute Gasteiger partial charge is 0.385 e. The van der Waals surface area contributed by atoms with Crippen LogP contribution < -0.4 is 5.32 Å². The molecular weight excluding hydrogens is 222 g/mol. The van der Waals surface area contributed by atoms with Crippen molar-refractivity contribution >= 4 is 5.78 Å². The molecular formula is C16H21NO. The number of rotatable bonds is 2. The molecule has 2 saturated carbocycles. The van der Waals surface area contributed by atoms with Crippen molar-refractivity contribution in [1.29, 1.82) is 0 Å². The zero-order valence-corrected chi connectivity index (χ0v) is 10.8. The molecule has 0 aliphatic heterocycles. The summed E-state index contributed by atoms with van der Waals surface area (Å²) >= 11 is 0. The highest BCUT2D eigenvalue weighted by Crippen LogP contribution is 2.53. The predicted molar refractivity (Wildman–Crippen MR) is 70.8 cm³/mol. The van der Waals surface area contributed by atoms with Gasteiger partial charge in [0.25, 0.3) is 0 Å². The average molecular weight is 243 g/mol. The molecule has 0 aromatic rings. The Hall–Kier alpha value is -1.05. The molecule has 2 heteroatoms. The fourth-order valence-corrected chi connectivity index (χ4v) is 4.60. The summed E-state index contributed by atoms with van der Waals surface area (Å²) in [5, 5.41) is 3.71. The van der Waals surface area contributed by atoms with E-state index in [1.54, 1.807) is 0 Å². The van der Waals surface area contributed by atoms with Crippen molar-refractivity contribution in [3.8, 4) is 0 Å². The molecule has 0 spiro atoms. The summed E-state index contributed by atoms with van der Waals surface area (Å²) in [4.78, 5) is 12.1. The third kappa shape index (κ3) is 1.51. The van der Waals surface area contributed by atoms with E-state index in [4.69, 9.17) is 0 Å². The number of fused-ring (bicyclic) bond motifs is 5. The molecule has 4 atom stereocenters. The Morgan fingerprint density at radius 1 is 1.00 bits per heavy atom. The number of hydrogen-bond donors (Lipinski definition) is 1. The second-order valence-electron chi connectivity index (χ2n) is 6.48. The van der Waals surface area contributed by atoms with Crippen LogP contribution in [-0.4, -0.2) is 11.8 Å². The minimum absolute atomic E-state index is 0.283. The van der Waals surface area contributed by atoms with Crippen molar-refractivity contribution in [3.63, 3.8) is 0 Å². The van der Waals surface area contributed by atoms with Crippen molar-refractivity contribution in [2.24, 2.45) is 23.7 Å². The zero-order valence-electron chi connectivity index (χ0n) is 10.8. The number of allylic oxidation sites excluding steroid dienone is 4. The van der Waals surface area contributed by atoms with Crippen LogP contribution in [0.5, 0.6) is 0 Å². The van der Waals surface area contributed by atoms with Crippen LogP contribution in [0.3, 0.4) is 0 Å². The van der Waals surface area contributed by atoms with Gasteiger partial charge >= 0.3 is 0 Å². The Kier molecular flexibility index (Phi) is 2.39. The van der Waals surface area contributed by atoms with E-state index >= 15 is 0 Å². The lowest BCUT2D eigenvalue weighted by Crippen LogP contribution is -2.34. The van der Waals surface area contributed by atoms with Crippen molar-refractivity contribution in [3.05, 3.63) is 23.9 Å². The van der Waals surface area contributed by atoms with Gasteiger partial charge in [-0.2, -0.15) is 0 Å². The van der Waals surface area contributed by atoms with Gasteiger partial charge in [-0.1, -0.05) is 31.4 Å². The molecule has 18 heavy (non-hydrogen) atoms. The zero-order chi connectivity index (χ0) is 12.1. The number of hydrogen-bond acceptors (Lipinski definition) is 2. The smallest absolute Gasteiger partial charge is 0.161 e. The molecule has 0 heterocycles. The van der Waals surface area contributed by atoms with Crippen LogP contribution in [0.1, 0.15) is 38.5 Å². The first-order chi connectivity index (χ1) is 8.83. The minimum atomic E-state index is 0.283. The fraction of sp³-hybridized carbons (Fsp3) is 0.688. The van der Waals surface area contributed by atoms with Crippen LogP contribution in [0.15, 0.2) is 23.9 Å². The Labute approximate surface area is 109 Å². The van der Waals surface area contributed by atoms with E-state index in [-0.39, 0.29) is 5.92 Å². The second-order valence-corrected chi connectivity index (χ2v) is 6.48. The Bertz CT molecular complexity index is 430. The number of carbonyl (C=O) groups excluding carboxylic acids is 1. The lowest BCUT2D eigenvalue weighted by atomic mass is 9.83. The maximum atomic E-state index is 12.1. The number of ketones is 1. The topological polar surface area (TPSA) is 29.1 Å². The summed E-state index contributed by atoms with van der Waals surface area (Å²) in [5.74, 6) is 2.33. The highest BCUT2D eigenvalue weighted by atomic mass is 16.1. The quantitative estimate of drug-likeness (QED) is 0.756. The van der Waals surface area contributed by atoms with Crippen molar-refractivity contribution in [1.82, 2.24) is 5.32 Å². The van der Waals surface area contributed by atoms with Crippen LogP contribution in [0.25, 0.3) is 0 Å². The molecule has 0 saturated heterocycles.